The Bertz CT molecular complexity index is 495. The van der Waals surface area contributed by atoms with Gasteiger partial charge in [-0.15, -0.1) is 0 Å². The fourth-order valence-electron chi connectivity index (χ4n) is 1.82. The fraction of sp³-hybridized carbons (Fsp3) is 0.600. The molecule has 7 heteroatoms. The fourth-order valence-corrected chi connectivity index (χ4v) is 1.82. The topological polar surface area (TPSA) is 29.5 Å². The number of aliphatic hydroxyl groups is 1. The summed E-state index contributed by atoms with van der Waals surface area (Å²) in [7, 11) is 0. The smallest absolute Gasteiger partial charge is 0.453 e. The Hall–Kier alpha value is -1.37. The van der Waals surface area contributed by atoms with E-state index in [9.17, 15) is 27.1 Å². The molecule has 0 aliphatic carbocycles. The second-order valence-corrected chi connectivity index (χ2v) is 5.89. The van der Waals surface area contributed by atoms with E-state index < -0.39 is 24.1 Å². The zero-order valence-corrected chi connectivity index (χ0v) is 12.5. The van der Waals surface area contributed by atoms with Crippen molar-refractivity contribution in [1.82, 2.24) is 0 Å². The normalized spacial score (nSPS) is 15.7. The molecule has 0 aliphatic rings. The van der Waals surface area contributed by atoms with Gasteiger partial charge in [-0.3, -0.25) is 0 Å². The summed E-state index contributed by atoms with van der Waals surface area (Å²) in [5.41, 5.74) is -2.39. The van der Waals surface area contributed by atoms with E-state index in [1.54, 1.807) is 6.07 Å². The third kappa shape index (κ3) is 4.83. The first kappa shape index (κ1) is 18.7. The third-order valence-corrected chi connectivity index (χ3v) is 3.02. The number of halogens is 5. The Morgan fingerprint density at radius 3 is 2.23 bits per heavy atom. The van der Waals surface area contributed by atoms with Crippen molar-refractivity contribution in [1.29, 1.82) is 0 Å². The molecule has 0 aromatic heterocycles. The Morgan fingerprint density at radius 1 is 1.14 bits per heavy atom. The Labute approximate surface area is 125 Å². The maximum Gasteiger partial charge on any atom is 0.453 e. The van der Waals surface area contributed by atoms with Gasteiger partial charge in [0.2, 0.25) is 0 Å². The van der Waals surface area contributed by atoms with Gasteiger partial charge in [0.1, 0.15) is 5.75 Å². The predicted octanol–water partition coefficient (Wildman–Crippen LogP) is 4.52. The van der Waals surface area contributed by atoms with Gasteiger partial charge in [0.05, 0.1) is 18.6 Å². The number of ether oxygens (including phenoxy) is 1. The van der Waals surface area contributed by atoms with Gasteiger partial charge in [0, 0.05) is 0 Å². The highest BCUT2D eigenvalue weighted by Crippen LogP contribution is 2.44. The maximum absolute atomic E-state index is 13.2. The van der Waals surface area contributed by atoms with Crippen LogP contribution < -0.4 is 4.74 Å². The molecule has 0 heterocycles. The van der Waals surface area contributed by atoms with Gasteiger partial charge < -0.3 is 9.84 Å². The lowest BCUT2D eigenvalue weighted by Crippen LogP contribution is -2.42. The number of benzene rings is 1. The number of hydrogen-bond donors (Lipinski definition) is 1. The quantitative estimate of drug-likeness (QED) is 0.779. The zero-order chi connectivity index (χ0) is 17.2. The molecule has 0 spiro atoms. The summed E-state index contributed by atoms with van der Waals surface area (Å²) in [5.74, 6) is -4.45. The first-order valence-corrected chi connectivity index (χ1v) is 6.75. The summed E-state index contributed by atoms with van der Waals surface area (Å²) in [5, 5.41) is 10.1. The SMILES string of the molecule is CC(C)COc1cccc(C(C)(O)CC(F)(F)C(F)(F)F)c1. The highest BCUT2D eigenvalue weighted by Gasteiger charge is 2.60. The van der Waals surface area contributed by atoms with Crippen LogP contribution in [0.5, 0.6) is 5.75 Å². The van der Waals surface area contributed by atoms with Crippen LogP contribution in [-0.4, -0.2) is 23.8 Å². The average Bonchev–Trinajstić information content (AvgIpc) is 2.34. The van der Waals surface area contributed by atoms with E-state index in [4.69, 9.17) is 4.74 Å². The van der Waals surface area contributed by atoms with Crippen molar-refractivity contribution in [2.24, 2.45) is 5.92 Å². The van der Waals surface area contributed by atoms with E-state index >= 15 is 0 Å². The van der Waals surface area contributed by atoms with Gasteiger partial charge in [0.15, 0.2) is 0 Å². The first-order chi connectivity index (χ1) is 9.85. The highest BCUT2D eigenvalue weighted by molar-refractivity contribution is 5.32. The number of hydrogen-bond acceptors (Lipinski definition) is 2. The molecule has 1 aromatic rings. The van der Waals surface area contributed by atoms with Crippen LogP contribution in [0.15, 0.2) is 24.3 Å². The van der Waals surface area contributed by atoms with E-state index in [1.165, 1.54) is 18.2 Å². The van der Waals surface area contributed by atoms with E-state index in [-0.39, 0.29) is 11.5 Å². The van der Waals surface area contributed by atoms with Crippen LogP contribution in [0.25, 0.3) is 0 Å². The van der Waals surface area contributed by atoms with Crippen molar-refractivity contribution < 1.29 is 31.8 Å². The summed E-state index contributed by atoms with van der Waals surface area (Å²) in [6.07, 6.45) is -7.46. The molecule has 0 saturated carbocycles. The minimum atomic E-state index is -5.71. The molecule has 1 rings (SSSR count). The molecule has 1 aromatic carbocycles. The molecule has 0 amide bonds. The van der Waals surface area contributed by atoms with Crippen molar-refractivity contribution in [3.8, 4) is 5.75 Å². The molecule has 1 unspecified atom stereocenters. The summed E-state index contributed by atoms with van der Waals surface area (Å²) in [6.45, 7) is 5.10. The molecular weight excluding hydrogens is 307 g/mol. The van der Waals surface area contributed by atoms with Crippen molar-refractivity contribution in [2.75, 3.05) is 6.61 Å². The van der Waals surface area contributed by atoms with E-state index in [2.05, 4.69) is 0 Å². The average molecular weight is 326 g/mol. The third-order valence-electron chi connectivity index (χ3n) is 3.02. The van der Waals surface area contributed by atoms with Crippen molar-refractivity contribution in [2.45, 2.75) is 44.9 Å². The minimum absolute atomic E-state index is 0.0577. The van der Waals surface area contributed by atoms with Crippen LogP contribution in [0.3, 0.4) is 0 Å². The molecule has 1 N–H and O–H groups in total. The van der Waals surface area contributed by atoms with Crippen LogP contribution in [0.1, 0.15) is 32.8 Å². The van der Waals surface area contributed by atoms with E-state index in [1.807, 2.05) is 13.8 Å². The molecule has 0 radical (unpaired) electrons. The van der Waals surface area contributed by atoms with E-state index in [0.29, 0.717) is 12.4 Å². The molecule has 0 aliphatic heterocycles. The molecule has 2 nitrogen and oxygen atoms in total. The van der Waals surface area contributed by atoms with Crippen molar-refractivity contribution in [3.05, 3.63) is 29.8 Å². The summed E-state index contributed by atoms with van der Waals surface area (Å²) < 4.78 is 68.5. The molecular formula is C15H19F5O2. The van der Waals surface area contributed by atoms with Gasteiger partial charge in [-0.25, -0.2) is 0 Å². The molecule has 22 heavy (non-hydrogen) atoms. The van der Waals surface area contributed by atoms with Crippen LogP contribution in [0.4, 0.5) is 22.0 Å². The van der Waals surface area contributed by atoms with Crippen molar-refractivity contribution >= 4 is 0 Å². The summed E-state index contributed by atoms with van der Waals surface area (Å²) in [6, 6.07) is 5.54. The Balaban J connectivity index is 2.95. The highest BCUT2D eigenvalue weighted by atomic mass is 19.4. The lowest BCUT2D eigenvalue weighted by Gasteiger charge is -2.30. The molecule has 126 valence electrons. The van der Waals surface area contributed by atoms with Crippen LogP contribution in [0, 0.1) is 5.92 Å². The second-order valence-electron chi connectivity index (χ2n) is 5.89. The summed E-state index contributed by atoms with van der Waals surface area (Å²) in [4.78, 5) is 0. The van der Waals surface area contributed by atoms with Gasteiger partial charge in [-0.2, -0.15) is 22.0 Å². The first-order valence-electron chi connectivity index (χ1n) is 6.75. The molecule has 0 fully saturated rings. The van der Waals surface area contributed by atoms with Gasteiger partial charge in [-0.05, 0) is 30.5 Å². The minimum Gasteiger partial charge on any atom is -0.493 e. The van der Waals surface area contributed by atoms with Crippen LogP contribution in [0.2, 0.25) is 0 Å². The summed E-state index contributed by atoms with van der Waals surface area (Å²) >= 11 is 0. The Morgan fingerprint density at radius 2 is 1.73 bits per heavy atom. The molecule has 0 saturated heterocycles. The molecule has 0 bridgehead atoms. The van der Waals surface area contributed by atoms with Gasteiger partial charge >= 0.3 is 12.1 Å². The lowest BCUT2D eigenvalue weighted by atomic mass is 9.89. The zero-order valence-electron chi connectivity index (χ0n) is 12.5. The predicted molar refractivity (Wildman–Crippen MR) is 72.0 cm³/mol. The molecule has 1 atom stereocenters. The number of rotatable bonds is 6. The van der Waals surface area contributed by atoms with Gasteiger partial charge in [-0.1, -0.05) is 26.0 Å². The van der Waals surface area contributed by atoms with Crippen LogP contribution >= 0.6 is 0 Å². The maximum atomic E-state index is 13.2. The van der Waals surface area contributed by atoms with Gasteiger partial charge in [0.25, 0.3) is 0 Å². The standard InChI is InChI=1S/C15H19F5O2/c1-10(2)8-22-12-6-4-5-11(7-12)13(3,21)9-14(16,17)15(18,19)20/h4-7,10,21H,8-9H2,1-3H3. The van der Waals surface area contributed by atoms with Crippen molar-refractivity contribution in [3.63, 3.8) is 0 Å². The van der Waals surface area contributed by atoms with Crippen LogP contribution in [-0.2, 0) is 5.60 Å². The second kappa shape index (κ2) is 6.40. The number of alkyl halides is 5. The monoisotopic (exact) mass is 326 g/mol. The largest absolute Gasteiger partial charge is 0.493 e. The Kier molecular flexibility index (Phi) is 5.43. The van der Waals surface area contributed by atoms with E-state index in [0.717, 1.165) is 6.92 Å². The lowest BCUT2D eigenvalue weighted by molar-refractivity contribution is -0.296.